The molecule has 33 heavy (non-hydrogen) atoms. The normalized spacial score (nSPS) is 13.0. The summed E-state index contributed by atoms with van der Waals surface area (Å²) in [7, 11) is 0. The van der Waals surface area contributed by atoms with Crippen molar-refractivity contribution in [1.82, 2.24) is 15.8 Å². The van der Waals surface area contributed by atoms with Crippen LogP contribution < -0.4 is 10.6 Å². The zero-order valence-corrected chi connectivity index (χ0v) is 17.9. The van der Waals surface area contributed by atoms with Gasteiger partial charge in [0.05, 0.1) is 6.54 Å². The molecule has 0 radical (unpaired) electrons. The molecule has 4 rings (SSSR count). The fourth-order valence-corrected chi connectivity index (χ4v) is 3.88. The Hall–Kier alpha value is -4.14. The SMILES string of the molecule is CCC(NC(=O)c1cc(CNC(=O)OCC2c3ccccc3-c3ccccc32)on1)C(=O)O. The van der Waals surface area contributed by atoms with E-state index in [0.29, 0.717) is 0 Å². The van der Waals surface area contributed by atoms with Crippen molar-refractivity contribution in [3.63, 3.8) is 0 Å². The molecule has 0 aliphatic heterocycles. The number of nitrogens with one attached hydrogen (secondary N) is 2. The standard InChI is InChI=1S/C24H23N3O6/c1-2-20(23(29)30)26-22(28)21-11-14(33-27-21)12-25-24(31)32-13-19-17-9-5-3-7-15(17)16-8-4-6-10-18(16)19/h3-11,19-20H,2,12-13H2,1H3,(H,25,31)(H,26,28)(H,29,30). The number of aliphatic carboxylic acids is 1. The summed E-state index contributed by atoms with van der Waals surface area (Å²) in [5.41, 5.74) is 4.44. The van der Waals surface area contributed by atoms with Crippen molar-refractivity contribution >= 4 is 18.0 Å². The van der Waals surface area contributed by atoms with E-state index in [4.69, 9.17) is 14.4 Å². The molecule has 2 amide bonds. The summed E-state index contributed by atoms with van der Waals surface area (Å²) in [4.78, 5) is 35.4. The second kappa shape index (κ2) is 9.56. The average molecular weight is 449 g/mol. The number of rotatable bonds is 8. The number of carboxylic acids is 1. The van der Waals surface area contributed by atoms with Crippen LogP contribution in [0.5, 0.6) is 0 Å². The van der Waals surface area contributed by atoms with E-state index in [1.165, 1.54) is 6.07 Å². The molecule has 1 unspecified atom stereocenters. The maximum atomic E-state index is 12.3. The maximum Gasteiger partial charge on any atom is 0.407 e. The lowest BCUT2D eigenvalue weighted by Gasteiger charge is -2.14. The lowest BCUT2D eigenvalue weighted by Crippen LogP contribution is -2.40. The van der Waals surface area contributed by atoms with Crippen LogP contribution >= 0.6 is 0 Å². The van der Waals surface area contributed by atoms with E-state index in [-0.39, 0.29) is 36.9 Å². The molecule has 1 aromatic heterocycles. The van der Waals surface area contributed by atoms with E-state index in [1.807, 2.05) is 36.4 Å². The first-order chi connectivity index (χ1) is 16.0. The van der Waals surface area contributed by atoms with E-state index < -0.39 is 24.0 Å². The van der Waals surface area contributed by atoms with Crippen LogP contribution in [0.3, 0.4) is 0 Å². The zero-order valence-electron chi connectivity index (χ0n) is 17.9. The van der Waals surface area contributed by atoms with Crippen LogP contribution in [0.2, 0.25) is 0 Å². The summed E-state index contributed by atoms with van der Waals surface area (Å²) >= 11 is 0. The smallest absolute Gasteiger partial charge is 0.407 e. The van der Waals surface area contributed by atoms with E-state index in [9.17, 15) is 14.4 Å². The highest BCUT2D eigenvalue weighted by Crippen LogP contribution is 2.44. The number of hydrogen-bond donors (Lipinski definition) is 3. The third-order valence-electron chi connectivity index (χ3n) is 5.55. The second-order valence-corrected chi connectivity index (χ2v) is 7.63. The summed E-state index contributed by atoms with van der Waals surface area (Å²) in [5.74, 6) is -1.62. The minimum atomic E-state index is -1.13. The molecule has 3 aromatic rings. The number of benzene rings is 2. The van der Waals surface area contributed by atoms with Crippen molar-refractivity contribution in [1.29, 1.82) is 0 Å². The summed E-state index contributed by atoms with van der Waals surface area (Å²) in [6.45, 7) is 1.79. The number of fused-ring (bicyclic) bond motifs is 3. The Kier molecular flexibility index (Phi) is 6.39. The van der Waals surface area contributed by atoms with Gasteiger partial charge in [-0.15, -0.1) is 0 Å². The lowest BCUT2D eigenvalue weighted by atomic mass is 9.98. The van der Waals surface area contributed by atoms with Gasteiger partial charge in [-0.2, -0.15) is 0 Å². The van der Waals surface area contributed by atoms with Gasteiger partial charge in [-0.1, -0.05) is 60.6 Å². The minimum Gasteiger partial charge on any atom is -0.480 e. The van der Waals surface area contributed by atoms with Gasteiger partial charge in [-0.25, -0.2) is 9.59 Å². The van der Waals surface area contributed by atoms with Crippen LogP contribution in [0, 0.1) is 0 Å². The molecule has 0 bridgehead atoms. The molecular formula is C24H23N3O6. The van der Waals surface area contributed by atoms with E-state index in [2.05, 4.69) is 27.9 Å². The molecule has 0 fully saturated rings. The maximum absolute atomic E-state index is 12.3. The van der Waals surface area contributed by atoms with Crippen molar-refractivity contribution in [3.05, 3.63) is 77.2 Å². The Morgan fingerprint density at radius 1 is 1.09 bits per heavy atom. The molecule has 1 heterocycles. The van der Waals surface area contributed by atoms with E-state index >= 15 is 0 Å². The molecular weight excluding hydrogens is 426 g/mol. The van der Waals surface area contributed by atoms with Gasteiger partial charge >= 0.3 is 12.1 Å². The predicted octanol–water partition coefficient (Wildman–Crippen LogP) is 3.31. The summed E-state index contributed by atoms with van der Waals surface area (Å²) < 4.78 is 10.5. The fraction of sp³-hybridized carbons (Fsp3) is 0.250. The Morgan fingerprint density at radius 2 is 1.73 bits per heavy atom. The lowest BCUT2D eigenvalue weighted by molar-refractivity contribution is -0.139. The van der Waals surface area contributed by atoms with E-state index in [1.54, 1.807) is 6.92 Å². The summed E-state index contributed by atoms with van der Waals surface area (Å²) in [6, 6.07) is 16.4. The van der Waals surface area contributed by atoms with Crippen LogP contribution in [0.4, 0.5) is 4.79 Å². The van der Waals surface area contributed by atoms with Gasteiger partial charge in [-0.3, -0.25) is 4.79 Å². The molecule has 1 atom stereocenters. The number of carboxylic acid groups (broad SMARTS) is 1. The number of alkyl carbamates (subject to hydrolysis) is 1. The molecule has 0 saturated carbocycles. The largest absolute Gasteiger partial charge is 0.480 e. The highest BCUT2D eigenvalue weighted by Gasteiger charge is 2.29. The zero-order chi connectivity index (χ0) is 23.4. The predicted molar refractivity (Wildman–Crippen MR) is 118 cm³/mol. The highest BCUT2D eigenvalue weighted by atomic mass is 16.5. The minimum absolute atomic E-state index is 0.0346. The van der Waals surface area contributed by atoms with Gasteiger partial charge < -0.3 is 25.0 Å². The van der Waals surface area contributed by atoms with Crippen LogP contribution in [-0.4, -0.2) is 40.9 Å². The third-order valence-corrected chi connectivity index (χ3v) is 5.55. The van der Waals surface area contributed by atoms with Gasteiger partial charge in [0.2, 0.25) is 0 Å². The Labute approximate surface area is 189 Å². The van der Waals surface area contributed by atoms with Crippen molar-refractivity contribution in [3.8, 4) is 11.1 Å². The second-order valence-electron chi connectivity index (χ2n) is 7.63. The number of amides is 2. The fourth-order valence-electron chi connectivity index (χ4n) is 3.88. The van der Waals surface area contributed by atoms with Crippen molar-refractivity contribution in [2.45, 2.75) is 31.8 Å². The van der Waals surface area contributed by atoms with Crippen molar-refractivity contribution < 1.29 is 28.8 Å². The molecule has 9 heteroatoms. The first-order valence-electron chi connectivity index (χ1n) is 10.6. The first-order valence-corrected chi connectivity index (χ1v) is 10.6. The Balaban J connectivity index is 1.31. The first kappa shape index (κ1) is 22.1. The molecule has 2 aromatic carbocycles. The molecule has 0 saturated heterocycles. The number of aromatic nitrogens is 1. The van der Waals surface area contributed by atoms with Crippen LogP contribution in [0.15, 0.2) is 59.1 Å². The number of carbonyl (C=O) groups is 3. The van der Waals surface area contributed by atoms with Gasteiger partial charge in [0.15, 0.2) is 11.5 Å². The third kappa shape index (κ3) is 4.72. The quantitative estimate of drug-likeness (QED) is 0.481. The number of carbonyl (C=O) groups excluding carboxylic acids is 2. The van der Waals surface area contributed by atoms with Crippen LogP contribution in [0.1, 0.15) is 46.6 Å². The molecule has 9 nitrogen and oxygen atoms in total. The molecule has 0 spiro atoms. The average Bonchev–Trinajstić information content (AvgIpc) is 3.42. The van der Waals surface area contributed by atoms with E-state index in [0.717, 1.165) is 22.3 Å². The topological polar surface area (TPSA) is 131 Å². The van der Waals surface area contributed by atoms with Gasteiger partial charge in [0.1, 0.15) is 12.6 Å². The highest BCUT2D eigenvalue weighted by molar-refractivity contribution is 5.94. The van der Waals surface area contributed by atoms with Gasteiger partial charge in [0.25, 0.3) is 5.91 Å². The molecule has 170 valence electrons. The van der Waals surface area contributed by atoms with Gasteiger partial charge in [0, 0.05) is 12.0 Å². The number of ether oxygens (including phenoxy) is 1. The monoisotopic (exact) mass is 449 g/mol. The van der Waals surface area contributed by atoms with Gasteiger partial charge in [-0.05, 0) is 28.7 Å². The Bertz CT molecular complexity index is 1140. The van der Waals surface area contributed by atoms with Crippen molar-refractivity contribution in [2.75, 3.05) is 6.61 Å². The van der Waals surface area contributed by atoms with Crippen LogP contribution in [0.25, 0.3) is 11.1 Å². The molecule has 1 aliphatic carbocycles. The number of hydrogen-bond acceptors (Lipinski definition) is 6. The van der Waals surface area contributed by atoms with Crippen molar-refractivity contribution in [2.24, 2.45) is 0 Å². The molecule has 3 N–H and O–H groups in total. The summed E-state index contributed by atoms with van der Waals surface area (Å²) in [5, 5.41) is 17.6. The van der Waals surface area contributed by atoms with Crippen LogP contribution in [-0.2, 0) is 16.1 Å². The number of nitrogens with zero attached hydrogens (tertiary/aromatic N) is 1. The Morgan fingerprint density at radius 3 is 2.33 bits per heavy atom. The summed E-state index contributed by atoms with van der Waals surface area (Å²) in [6.07, 6.45) is -0.397. The molecule has 1 aliphatic rings.